The zero-order chi connectivity index (χ0) is 13.7. The smallest absolute Gasteiger partial charge is 0.314 e. The van der Waals surface area contributed by atoms with Gasteiger partial charge in [-0.15, -0.1) is 0 Å². The molecule has 0 heterocycles. The summed E-state index contributed by atoms with van der Waals surface area (Å²) < 4.78 is 0. The minimum absolute atomic E-state index is 0.0347. The zero-order valence-corrected chi connectivity index (χ0v) is 11.9. The van der Waals surface area contributed by atoms with Crippen molar-refractivity contribution in [3.05, 3.63) is 34.9 Å². The summed E-state index contributed by atoms with van der Waals surface area (Å²) in [6, 6.07) is 6.13. The first-order valence-electron chi connectivity index (χ1n) is 5.76. The lowest BCUT2D eigenvalue weighted by molar-refractivity contribution is -0.133. The Bertz CT molecular complexity index is 423. The molecule has 100 valence electrons. The number of carboxylic acid groups (broad SMARTS) is 1. The van der Waals surface area contributed by atoms with Crippen molar-refractivity contribution in [3.63, 3.8) is 0 Å². The minimum Gasteiger partial charge on any atom is -0.481 e. The average Bonchev–Trinajstić information content (AvgIpc) is 2.35. The molecule has 0 radical (unpaired) electrons. The number of fused-ring (bicyclic) bond motifs is 1. The van der Waals surface area contributed by atoms with Crippen molar-refractivity contribution in [3.8, 4) is 0 Å². The number of hydrogen-bond acceptors (Lipinski definition) is 3. The second-order valence-electron chi connectivity index (χ2n) is 4.38. The first kappa shape index (κ1) is 15.1. The molecule has 0 amide bonds. The van der Waals surface area contributed by atoms with Gasteiger partial charge in [0, 0.05) is 6.04 Å². The van der Waals surface area contributed by atoms with Gasteiger partial charge in [0.2, 0.25) is 0 Å². The number of aliphatic hydroxyl groups excluding tert-OH is 1. The van der Waals surface area contributed by atoms with Gasteiger partial charge in [-0.25, -0.2) is 0 Å². The zero-order valence-electron chi connectivity index (χ0n) is 10.3. The van der Waals surface area contributed by atoms with E-state index in [4.69, 9.17) is 10.8 Å². The molecule has 4 N–H and O–H groups in total. The fourth-order valence-electron chi connectivity index (χ4n) is 1.93. The van der Waals surface area contributed by atoms with Crippen LogP contribution in [0.4, 0.5) is 0 Å². The normalized spacial score (nSPS) is 21.6. The Balaban J connectivity index is 0.000000280. The Hall–Kier alpha value is -0.910. The number of nitrogens with two attached hydrogens (primary N) is 1. The van der Waals surface area contributed by atoms with Crippen molar-refractivity contribution in [2.75, 3.05) is 5.33 Å². The summed E-state index contributed by atoms with van der Waals surface area (Å²) in [6.07, 6.45) is 1.41. The van der Waals surface area contributed by atoms with Gasteiger partial charge < -0.3 is 15.9 Å². The molecular weight excluding hydrogens is 298 g/mol. The van der Waals surface area contributed by atoms with Crippen LogP contribution in [-0.2, 0) is 11.2 Å². The van der Waals surface area contributed by atoms with Crippen LogP contribution in [0.5, 0.6) is 0 Å². The summed E-state index contributed by atoms with van der Waals surface area (Å²) in [7, 11) is 0. The SMILES string of the molecule is Cc1ccc2c(c1)[C@@H](O)[C@H](N)CC2.O=C(O)CBr. The molecule has 1 aliphatic carbocycles. The second-order valence-corrected chi connectivity index (χ2v) is 4.94. The molecule has 1 aromatic rings. The van der Waals surface area contributed by atoms with Crippen LogP contribution in [0, 0.1) is 6.92 Å². The van der Waals surface area contributed by atoms with Crippen LogP contribution in [0.1, 0.15) is 29.2 Å². The van der Waals surface area contributed by atoms with E-state index in [1.807, 2.05) is 13.0 Å². The van der Waals surface area contributed by atoms with Crippen LogP contribution >= 0.6 is 15.9 Å². The molecule has 0 unspecified atom stereocenters. The molecule has 0 bridgehead atoms. The van der Waals surface area contributed by atoms with Crippen molar-refractivity contribution in [2.45, 2.75) is 31.9 Å². The van der Waals surface area contributed by atoms with Gasteiger partial charge in [-0.2, -0.15) is 0 Å². The predicted octanol–water partition coefficient (Wildman–Crippen LogP) is 1.77. The topological polar surface area (TPSA) is 83.5 Å². The first-order valence-corrected chi connectivity index (χ1v) is 6.88. The van der Waals surface area contributed by atoms with Crippen LogP contribution in [0.15, 0.2) is 18.2 Å². The van der Waals surface area contributed by atoms with Gasteiger partial charge in [0.15, 0.2) is 0 Å². The highest BCUT2D eigenvalue weighted by Gasteiger charge is 2.24. The molecule has 0 aromatic heterocycles. The Labute approximate surface area is 115 Å². The molecule has 2 atom stereocenters. The summed E-state index contributed by atoms with van der Waals surface area (Å²) in [4.78, 5) is 9.32. The molecule has 5 heteroatoms. The summed E-state index contributed by atoms with van der Waals surface area (Å²) in [5, 5.41) is 17.5. The molecule has 0 saturated heterocycles. The van der Waals surface area contributed by atoms with E-state index < -0.39 is 12.1 Å². The maximum atomic E-state index is 9.83. The van der Waals surface area contributed by atoms with Gasteiger partial charge in [0.1, 0.15) is 5.33 Å². The van der Waals surface area contributed by atoms with Crippen LogP contribution in [0.3, 0.4) is 0 Å². The minimum atomic E-state index is -0.829. The van der Waals surface area contributed by atoms with Gasteiger partial charge in [-0.1, -0.05) is 39.7 Å². The van der Waals surface area contributed by atoms with E-state index in [1.54, 1.807) is 0 Å². The number of alkyl halides is 1. The van der Waals surface area contributed by atoms with Crippen LogP contribution < -0.4 is 5.73 Å². The average molecular weight is 316 g/mol. The van der Waals surface area contributed by atoms with Crippen molar-refractivity contribution in [1.29, 1.82) is 0 Å². The number of aliphatic hydroxyl groups is 1. The molecular formula is C13H18BrNO3. The molecule has 18 heavy (non-hydrogen) atoms. The van der Waals surface area contributed by atoms with Crippen molar-refractivity contribution in [1.82, 2.24) is 0 Å². The maximum absolute atomic E-state index is 9.83. The number of carboxylic acids is 1. The van der Waals surface area contributed by atoms with E-state index in [9.17, 15) is 9.90 Å². The fraction of sp³-hybridized carbons (Fsp3) is 0.462. The number of rotatable bonds is 1. The number of aliphatic carboxylic acids is 1. The Morgan fingerprint density at radius 2 is 2.17 bits per heavy atom. The molecule has 2 rings (SSSR count). The number of hydrogen-bond donors (Lipinski definition) is 3. The van der Waals surface area contributed by atoms with Gasteiger partial charge in [0.25, 0.3) is 0 Å². The third-order valence-electron chi connectivity index (χ3n) is 2.89. The monoisotopic (exact) mass is 315 g/mol. The van der Waals surface area contributed by atoms with Crippen LogP contribution in [-0.4, -0.2) is 27.6 Å². The van der Waals surface area contributed by atoms with E-state index in [0.717, 1.165) is 18.4 Å². The summed E-state index contributed by atoms with van der Waals surface area (Å²) in [5.41, 5.74) is 9.26. The Morgan fingerprint density at radius 3 is 2.72 bits per heavy atom. The van der Waals surface area contributed by atoms with Crippen LogP contribution in [0.25, 0.3) is 0 Å². The quantitative estimate of drug-likeness (QED) is 0.690. The molecule has 0 saturated carbocycles. The van der Waals surface area contributed by atoms with Crippen molar-refractivity contribution in [2.24, 2.45) is 5.73 Å². The molecule has 1 aromatic carbocycles. The lowest BCUT2D eigenvalue weighted by Gasteiger charge is -2.27. The standard InChI is InChI=1S/C11H15NO.C2H3BrO2/c1-7-2-3-8-4-5-10(12)11(13)9(8)6-7;3-1-2(4)5/h2-3,6,10-11,13H,4-5,12H2,1H3;1H2,(H,4,5)/t10-,11-;/m1./s1. The van der Waals surface area contributed by atoms with Crippen molar-refractivity contribution >= 4 is 21.9 Å². The molecule has 0 aliphatic heterocycles. The van der Waals surface area contributed by atoms with E-state index in [0.29, 0.717) is 0 Å². The summed E-state index contributed by atoms with van der Waals surface area (Å²) in [5.74, 6) is -0.829. The van der Waals surface area contributed by atoms with Gasteiger partial charge in [-0.3, -0.25) is 4.79 Å². The molecule has 4 nitrogen and oxygen atoms in total. The highest BCUT2D eigenvalue weighted by atomic mass is 79.9. The highest BCUT2D eigenvalue weighted by molar-refractivity contribution is 9.09. The van der Waals surface area contributed by atoms with Crippen molar-refractivity contribution < 1.29 is 15.0 Å². The summed E-state index contributed by atoms with van der Waals surface area (Å²) in [6.45, 7) is 2.03. The lowest BCUT2D eigenvalue weighted by Crippen LogP contribution is -2.32. The predicted molar refractivity (Wildman–Crippen MR) is 73.9 cm³/mol. The largest absolute Gasteiger partial charge is 0.481 e. The second kappa shape index (κ2) is 6.87. The molecule has 1 aliphatic rings. The van der Waals surface area contributed by atoms with Crippen LogP contribution in [0.2, 0.25) is 0 Å². The number of carbonyl (C=O) groups is 1. The highest BCUT2D eigenvalue weighted by Crippen LogP contribution is 2.29. The van der Waals surface area contributed by atoms with E-state index in [2.05, 4.69) is 28.1 Å². The third-order valence-corrected chi connectivity index (χ3v) is 3.37. The summed E-state index contributed by atoms with van der Waals surface area (Å²) >= 11 is 2.71. The maximum Gasteiger partial charge on any atom is 0.314 e. The third kappa shape index (κ3) is 4.08. The molecule has 0 spiro atoms. The van der Waals surface area contributed by atoms with E-state index >= 15 is 0 Å². The Morgan fingerprint density at radius 1 is 1.56 bits per heavy atom. The number of aryl methyl sites for hydroxylation is 2. The van der Waals surface area contributed by atoms with E-state index in [-0.39, 0.29) is 11.4 Å². The number of benzene rings is 1. The molecule has 0 fully saturated rings. The van der Waals surface area contributed by atoms with E-state index in [1.165, 1.54) is 11.1 Å². The van der Waals surface area contributed by atoms with Gasteiger partial charge in [0.05, 0.1) is 6.10 Å². The Kier molecular flexibility index (Phi) is 5.78. The first-order chi connectivity index (χ1) is 8.45. The lowest BCUT2D eigenvalue weighted by atomic mass is 9.85. The van der Waals surface area contributed by atoms with Gasteiger partial charge in [-0.05, 0) is 30.9 Å². The van der Waals surface area contributed by atoms with Gasteiger partial charge >= 0.3 is 5.97 Å². The fourth-order valence-corrected chi connectivity index (χ4v) is 1.93. The number of halogens is 1.